The van der Waals surface area contributed by atoms with Crippen LogP contribution in [-0.2, 0) is 0 Å². The molecule has 0 aliphatic rings. The molecule has 1 aromatic heterocycles. The van der Waals surface area contributed by atoms with E-state index in [0.29, 0.717) is 16.4 Å². The van der Waals surface area contributed by atoms with Gasteiger partial charge in [0.25, 0.3) is 5.91 Å². The first-order valence-electron chi connectivity index (χ1n) is 8.93. The first kappa shape index (κ1) is 20.8. The number of carbonyl (C=O) groups excluding carboxylic acids is 1. The van der Waals surface area contributed by atoms with Gasteiger partial charge in [-0.15, -0.1) is 11.3 Å². The van der Waals surface area contributed by atoms with E-state index in [1.807, 2.05) is 49.6 Å². The van der Waals surface area contributed by atoms with Crippen LogP contribution in [0.5, 0.6) is 11.5 Å². The van der Waals surface area contributed by atoms with Gasteiger partial charge in [0.1, 0.15) is 11.5 Å². The van der Waals surface area contributed by atoms with E-state index in [1.165, 1.54) is 11.3 Å². The van der Waals surface area contributed by atoms with Crippen LogP contribution in [0.4, 0.5) is 5.13 Å². The number of nitrogens with one attached hydrogen (secondary N) is 2. The number of methoxy groups -OCH3 is 1. The summed E-state index contributed by atoms with van der Waals surface area (Å²) in [5.41, 5.74) is 2.24. The van der Waals surface area contributed by atoms with E-state index < -0.39 is 0 Å². The lowest BCUT2D eigenvalue weighted by Crippen LogP contribution is -2.34. The number of nitrogens with zero attached hydrogens (tertiary/aromatic N) is 1. The minimum absolute atomic E-state index is 0.0286. The predicted octanol–water partition coefficient (Wildman–Crippen LogP) is 4.73. The Bertz CT molecular complexity index is 1000. The van der Waals surface area contributed by atoms with Crippen molar-refractivity contribution in [1.29, 1.82) is 0 Å². The molecule has 0 saturated carbocycles. The number of aromatic nitrogens is 1. The number of rotatable bonds is 6. The minimum Gasteiger partial charge on any atom is -0.497 e. The van der Waals surface area contributed by atoms with Crippen LogP contribution in [0.2, 0.25) is 0 Å². The number of hydrogen-bond donors (Lipinski definition) is 2. The molecule has 1 amide bonds. The topological polar surface area (TPSA) is 72.5 Å². The molecule has 0 radical (unpaired) electrons. The van der Waals surface area contributed by atoms with Gasteiger partial charge in [0, 0.05) is 16.5 Å². The van der Waals surface area contributed by atoms with E-state index in [4.69, 9.17) is 21.7 Å². The van der Waals surface area contributed by atoms with E-state index >= 15 is 0 Å². The van der Waals surface area contributed by atoms with Gasteiger partial charge in [-0.3, -0.25) is 10.1 Å². The Morgan fingerprint density at radius 2 is 1.90 bits per heavy atom. The molecule has 3 aromatic rings. The van der Waals surface area contributed by atoms with Gasteiger partial charge < -0.3 is 14.8 Å². The second-order valence-corrected chi connectivity index (χ2v) is 7.64. The lowest BCUT2D eigenvalue weighted by molar-refractivity contribution is 0.0977. The van der Waals surface area contributed by atoms with Crippen molar-refractivity contribution in [1.82, 2.24) is 10.3 Å². The van der Waals surface area contributed by atoms with Gasteiger partial charge in [-0.1, -0.05) is 6.07 Å². The zero-order valence-electron chi connectivity index (χ0n) is 16.3. The standard InChI is InChI=1S/C21H21N3O3S2/c1-13(2)27-17-6-4-5-15(11-17)19(25)23-20(28)24-21-22-18(12-29-21)14-7-9-16(26-3)10-8-14/h4-13H,1-3H3,(H2,22,23,24,25,28). The third-order valence-electron chi connectivity index (χ3n) is 3.81. The van der Waals surface area contributed by atoms with Crippen LogP contribution in [-0.4, -0.2) is 29.2 Å². The maximum atomic E-state index is 12.4. The van der Waals surface area contributed by atoms with Crippen LogP contribution in [0.25, 0.3) is 11.3 Å². The smallest absolute Gasteiger partial charge is 0.257 e. The normalized spacial score (nSPS) is 10.5. The molecule has 0 spiro atoms. The van der Waals surface area contributed by atoms with Gasteiger partial charge in [-0.05, 0) is 68.5 Å². The number of hydrogen-bond acceptors (Lipinski definition) is 6. The van der Waals surface area contributed by atoms with Crippen molar-refractivity contribution in [2.24, 2.45) is 0 Å². The number of amides is 1. The summed E-state index contributed by atoms with van der Waals surface area (Å²) in [6.45, 7) is 3.86. The van der Waals surface area contributed by atoms with Gasteiger partial charge in [-0.25, -0.2) is 4.98 Å². The number of benzene rings is 2. The molecular formula is C21H21N3O3S2. The summed E-state index contributed by atoms with van der Waals surface area (Å²) in [7, 11) is 1.63. The third kappa shape index (κ3) is 5.75. The second-order valence-electron chi connectivity index (χ2n) is 6.37. The maximum absolute atomic E-state index is 12.4. The van der Waals surface area contributed by atoms with Crippen LogP contribution < -0.4 is 20.1 Å². The SMILES string of the molecule is COc1ccc(-c2csc(NC(=S)NC(=O)c3cccc(OC(C)C)c3)n2)cc1. The summed E-state index contributed by atoms with van der Waals surface area (Å²) >= 11 is 6.65. The molecule has 0 bridgehead atoms. The van der Waals surface area contributed by atoms with Gasteiger partial charge in [0.15, 0.2) is 10.2 Å². The number of ether oxygens (including phenoxy) is 2. The first-order valence-corrected chi connectivity index (χ1v) is 10.2. The van der Waals surface area contributed by atoms with E-state index in [9.17, 15) is 4.79 Å². The summed E-state index contributed by atoms with van der Waals surface area (Å²) < 4.78 is 10.8. The first-order chi connectivity index (χ1) is 13.9. The number of anilines is 1. The molecule has 0 unspecified atom stereocenters. The highest BCUT2D eigenvalue weighted by Gasteiger charge is 2.11. The zero-order chi connectivity index (χ0) is 20.8. The third-order valence-corrected chi connectivity index (χ3v) is 4.77. The van der Waals surface area contributed by atoms with Crippen LogP contribution >= 0.6 is 23.6 Å². The molecule has 2 aromatic carbocycles. The van der Waals surface area contributed by atoms with Crippen molar-refractivity contribution in [3.8, 4) is 22.8 Å². The average Bonchev–Trinajstić information content (AvgIpc) is 3.16. The Labute approximate surface area is 178 Å². The van der Waals surface area contributed by atoms with Crippen LogP contribution in [0, 0.1) is 0 Å². The van der Waals surface area contributed by atoms with Crippen LogP contribution in [0.3, 0.4) is 0 Å². The number of carbonyl (C=O) groups is 1. The number of thiocarbonyl (C=S) groups is 1. The Morgan fingerprint density at radius 3 is 2.59 bits per heavy atom. The Kier molecular flexibility index (Phi) is 6.79. The molecule has 0 aliphatic carbocycles. The lowest BCUT2D eigenvalue weighted by atomic mass is 10.2. The monoisotopic (exact) mass is 427 g/mol. The van der Waals surface area contributed by atoms with Crippen LogP contribution in [0.15, 0.2) is 53.9 Å². The van der Waals surface area contributed by atoms with Gasteiger partial charge in [-0.2, -0.15) is 0 Å². The summed E-state index contributed by atoms with van der Waals surface area (Å²) in [5, 5.41) is 8.31. The molecule has 2 N–H and O–H groups in total. The van der Waals surface area contributed by atoms with E-state index in [0.717, 1.165) is 17.0 Å². The Hall–Kier alpha value is -2.97. The zero-order valence-corrected chi connectivity index (χ0v) is 17.9. The molecule has 150 valence electrons. The summed E-state index contributed by atoms with van der Waals surface area (Å²) in [4.78, 5) is 17.0. The summed E-state index contributed by atoms with van der Waals surface area (Å²) in [5.74, 6) is 1.10. The second kappa shape index (κ2) is 9.49. The van der Waals surface area contributed by atoms with Crippen molar-refractivity contribution in [3.63, 3.8) is 0 Å². The maximum Gasteiger partial charge on any atom is 0.257 e. The molecule has 0 saturated heterocycles. The Morgan fingerprint density at radius 1 is 1.14 bits per heavy atom. The predicted molar refractivity (Wildman–Crippen MR) is 120 cm³/mol. The highest BCUT2D eigenvalue weighted by Crippen LogP contribution is 2.26. The largest absolute Gasteiger partial charge is 0.497 e. The van der Waals surface area contributed by atoms with Gasteiger partial charge in [0.2, 0.25) is 0 Å². The van der Waals surface area contributed by atoms with Crippen molar-refractivity contribution < 1.29 is 14.3 Å². The molecule has 29 heavy (non-hydrogen) atoms. The summed E-state index contributed by atoms with van der Waals surface area (Å²) in [6, 6.07) is 14.6. The highest BCUT2D eigenvalue weighted by molar-refractivity contribution is 7.80. The van der Waals surface area contributed by atoms with Crippen molar-refractivity contribution in [2.75, 3.05) is 12.4 Å². The quantitative estimate of drug-likeness (QED) is 0.554. The average molecular weight is 428 g/mol. The van der Waals surface area contributed by atoms with Gasteiger partial charge >= 0.3 is 0 Å². The fraction of sp³-hybridized carbons (Fsp3) is 0.190. The molecule has 6 nitrogen and oxygen atoms in total. The molecule has 1 heterocycles. The fourth-order valence-corrected chi connectivity index (χ4v) is 3.49. The lowest BCUT2D eigenvalue weighted by Gasteiger charge is -2.11. The molecule has 8 heteroatoms. The van der Waals surface area contributed by atoms with Crippen molar-refractivity contribution in [3.05, 3.63) is 59.5 Å². The van der Waals surface area contributed by atoms with Crippen molar-refractivity contribution in [2.45, 2.75) is 20.0 Å². The van der Waals surface area contributed by atoms with E-state index in [-0.39, 0.29) is 17.1 Å². The molecule has 3 rings (SSSR count). The molecule has 0 atom stereocenters. The van der Waals surface area contributed by atoms with E-state index in [2.05, 4.69) is 15.6 Å². The minimum atomic E-state index is -0.316. The molecular weight excluding hydrogens is 406 g/mol. The van der Waals surface area contributed by atoms with Crippen LogP contribution in [0.1, 0.15) is 24.2 Å². The number of thiazole rings is 1. The molecule has 0 aliphatic heterocycles. The fourth-order valence-electron chi connectivity index (χ4n) is 2.51. The Balaban J connectivity index is 1.61. The van der Waals surface area contributed by atoms with Gasteiger partial charge in [0.05, 0.1) is 18.9 Å². The van der Waals surface area contributed by atoms with E-state index in [1.54, 1.807) is 25.3 Å². The summed E-state index contributed by atoms with van der Waals surface area (Å²) in [6.07, 6.45) is 0.0286. The molecule has 0 fully saturated rings. The van der Waals surface area contributed by atoms with Crippen molar-refractivity contribution >= 4 is 39.7 Å². The highest BCUT2D eigenvalue weighted by atomic mass is 32.1.